The molecule has 1 heterocycles. The first-order valence-electron chi connectivity index (χ1n) is 5.49. The zero-order chi connectivity index (χ0) is 14.2. The maximum atomic E-state index is 13.4. The average molecular weight is 280 g/mol. The number of halogens is 5. The molecule has 19 heavy (non-hydrogen) atoms. The third kappa shape index (κ3) is 2.34. The number of rotatable bonds is 2. The summed E-state index contributed by atoms with van der Waals surface area (Å²) in [5.74, 6) is -10.8. The SMILES string of the molecule is O=C1NCCCC1Nc1c(F)c(F)c(F)c(F)c1F. The molecule has 1 saturated heterocycles. The summed E-state index contributed by atoms with van der Waals surface area (Å²) in [7, 11) is 0. The first-order chi connectivity index (χ1) is 8.93. The van der Waals surface area contributed by atoms with Crippen LogP contribution >= 0.6 is 0 Å². The van der Waals surface area contributed by atoms with Gasteiger partial charge in [-0.2, -0.15) is 0 Å². The Morgan fingerprint density at radius 2 is 1.47 bits per heavy atom. The maximum absolute atomic E-state index is 13.4. The van der Waals surface area contributed by atoms with Gasteiger partial charge in [0.1, 0.15) is 11.7 Å². The van der Waals surface area contributed by atoms with E-state index in [2.05, 4.69) is 10.6 Å². The number of piperidine rings is 1. The molecule has 1 aromatic carbocycles. The van der Waals surface area contributed by atoms with Gasteiger partial charge in [-0.1, -0.05) is 0 Å². The quantitative estimate of drug-likeness (QED) is 0.494. The Hall–Kier alpha value is -1.86. The molecule has 1 aliphatic rings. The van der Waals surface area contributed by atoms with Gasteiger partial charge in [0.25, 0.3) is 0 Å². The van der Waals surface area contributed by atoms with Gasteiger partial charge in [0, 0.05) is 6.54 Å². The zero-order valence-corrected chi connectivity index (χ0v) is 9.50. The van der Waals surface area contributed by atoms with Crippen LogP contribution in [0.2, 0.25) is 0 Å². The normalized spacial score (nSPS) is 19.2. The fourth-order valence-corrected chi connectivity index (χ4v) is 1.82. The summed E-state index contributed by atoms with van der Waals surface area (Å²) in [4.78, 5) is 11.4. The van der Waals surface area contributed by atoms with E-state index in [1.165, 1.54) is 0 Å². The van der Waals surface area contributed by atoms with Gasteiger partial charge in [0.2, 0.25) is 11.7 Å². The van der Waals surface area contributed by atoms with Crippen molar-refractivity contribution in [3.63, 3.8) is 0 Å². The van der Waals surface area contributed by atoms with E-state index < -0.39 is 46.7 Å². The van der Waals surface area contributed by atoms with E-state index in [1.54, 1.807) is 0 Å². The molecule has 1 fully saturated rings. The predicted molar refractivity (Wildman–Crippen MR) is 55.9 cm³/mol. The maximum Gasteiger partial charge on any atom is 0.242 e. The third-order valence-electron chi connectivity index (χ3n) is 2.81. The van der Waals surface area contributed by atoms with Gasteiger partial charge >= 0.3 is 0 Å². The minimum Gasteiger partial charge on any atom is -0.369 e. The molecule has 8 heteroatoms. The van der Waals surface area contributed by atoms with Crippen molar-refractivity contribution < 1.29 is 26.7 Å². The molecule has 0 radical (unpaired) electrons. The molecule has 3 nitrogen and oxygen atoms in total. The van der Waals surface area contributed by atoms with Crippen LogP contribution in [0.25, 0.3) is 0 Å². The van der Waals surface area contributed by atoms with Gasteiger partial charge in [-0.3, -0.25) is 4.79 Å². The Morgan fingerprint density at radius 3 is 2.00 bits per heavy atom. The van der Waals surface area contributed by atoms with Crippen molar-refractivity contribution in [3.8, 4) is 0 Å². The zero-order valence-electron chi connectivity index (χ0n) is 9.50. The van der Waals surface area contributed by atoms with Crippen molar-refractivity contribution in [2.24, 2.45) is 0 Å². The minimum atomic E-state index is -2.23. The second-order valence-corrected chi connectivity index (χ2v) is 4.08. The summed E-state index contributed by atoms with van der Waals surface area (Å²) in [6.07, 6.45) is 0.782. The van der Waals surface area contributed by atoms with Crippen molar-refractivity contribution in [2.75, 3.05) is 11.9 Å². The van der Waals surface area contributed by atoms with Crippen molar-refractivity contribution in [1.29, 1.82) is 0 Å². The van der Waals surface area contributed by atoms with Gasteiger partial charge in [-0.05, 0) is 12.8 Å². The molecule has 0 spiro atoms. The Balaban J connectivity index is 2.37. The predicted octanol–water partition coefficient (Wildman–Crippen LogP) is 2.07. The second kappa shape index (κ2) is 5.02. The Bertz CT molecular complexity index is 505. The van der Waals surface area contributed by atoms with Gasteiger partial charge in [-0.15, -0.1) is 0 Å². The van der Waals surface area contributed by atoms with E-state index >= 15 is 0 Å². The molecule has 0 saturated carbocycles. The van der Waals surface area contributed by atoms with Gasteiger partial charge in [0.15, 0.2) is 23.3 Å². The molecule has 104 valence electrons. The van der Waals surface area contributed by atoms with Crippen molar-refractivity contribution >= 4 is 11.6 Å². The summed E-state index contributed by atoms with van der Waals surface area (Å²) >= 11 is 0. The lowest BCUT2D eigenvalue weighted by Crippen LogP contribution is -2.44. The molecule has 0 aromatic heterocycles. The van der Waals surface area contributed by atoms with Crippen LogP contribution in [0.1, 0.15) is 12.8 Å². The van der Waals surface area contributed by atoms with Crippen LogP contribution in [0, 0.1) is 29.1 Å². The molecule has 1 amide bonds. The smallest absolute Gasteiger partial charge is 0.242 e. The third-order valence-corrected chi connectivity index (χ3v) is 2.81. The van der Waals surface area contributed by atoms with Gasteiger partial charge in [-0.25, -0.2) is 22.0 Å². The second-order valence-electron chi connectivity index (χ2n) is 4.08. The van der Waals surface area contributed by atoms with Gasteiger partial charge in [0.05, 0.1) is 0 Å². The van der Waals surface area contributed by atoms with E-state index in [0.29, 0.717) is 13.0 Å². The lowest BCUT2D eigenvalue weighted by atomic mass is 10.1. The molecule has 0 aliphatic carbocycles. The fourth-order valence-electron chi connectivity index (χ4n) is 1.82. The number of hydrogen-bond acceptors (Lipinski definition) is 2. The highest BCUT2D eigenvalue weighted by Gasteiger charge is 2.29. The number of hydrogen-bond donors (Lipinski definition) is 2. The van der Waals surface area contributed by atoms with E-state index in [9.17, 15) is 26.7 Å². The van der Waals surface area contributed by atoms with Crippen LogP contribution in [0.4, 0.5) is 27.6 Å². The van der Waals surface area contributed by atoms with Crippen LogP contribution in [-0.4, -0.2) is 18.5 Å². The molecule has 1 atom stereocenters. The number of amides is 1. The monoisotopic (exact) mass is 280 g/mol. The molecular formula is C11H9F5N2O. The Kier molecular flexibility index (Phi) is 3.59. The number of anilines is 1. The largest absolute Gasteiger partial charge is 0.369 e. The first kappa shape index (κ1) is 13.6. The van der Waals surface area contributed by atoms with Gasteiger partial charge < -0.3 is 10.6 Å². The van der Waals surface area contributed by atoms with E-state index in [4.69, 9.17) is 0 Å². The minimum absolute atomic E-state index is 0.241. The van der Waals surface area contributed by atoms with Crippen LogP contribution in [0.5, 0.6) is 0 Å². The van der Waals surface area contributed by atoms with Crippen LogP contribution < -0.4 is 10.6 Å². The Morgan fingerprint density at radius 1 is 0.947 bits per heavy atom. The summed E-state index contributed by atoms with van der Waals surface area (Å²) in [6, 6.07) is -1.03. The highest BCUT2D eigenvalue weighted by atomic mass is 19.2. The topological polar surface area (TPSA) is 41.1 Å². The molecule has 1 aromatic rings. The number of carbonyl (C=O) groups is 1. The summed E-state index contributed by atoms with van der Waals surface area (Å²) in [5, 5.41) is 4.49. The molecule has 2 rings (SSSR count). The number of benzene rings is 1. The van der Waals surface area contributed by atoms with E-state index in [0.717, 1.165) is 0 Å². The summed E-state index contributed by atoms with van der Waals surface area (Å²) in [5.41, 5.74) is -1.18. The number of nitrogens with one attached hydrogen (secondary N) is 2. The highest BCUT2D eigenvalue weighted by Crippen LogP contribution is 2.28. The van der Waals surface area contributed by atoms with Crippen molar-refractivity contribution in [1.82, 2.24) is 5.32 Å². The molecule has 1 aliphatic heterocycles. The standard InChI is InChI=1S/C11H9F5N2O/c12-5-6(13)8(15)10(9(16)7(5)14)18-4-2-1-3-17-11(4)19/h4,18H,1-3H2,(H,17,19). The van der Waals surface area contributed by atoms with Crippen LogP contribution in [-0.2, 0) is 4.79 Å². The van der Waals surface area contributed by atoms with Crippen LogP contribution in [0.15, 0.2) is 0 Å². The molecule has 0 bridgehead atoms. The van der Waals surface area contributed by atoms with E-state index in [1.807, 2.05) is 0 Å². The Labute approximate surface area is 104 Å². The van der Waals surface area contributed by atoms with E-state index in [-0.39, 0.29) is 6.42 Å². The van der Waals surface area contributed by atoms with Crippen molar-refractivity contribution in [3.05, 3.63) is 29.1 Å². The molecular weight excluding hydrogens is 271 g/mol. The summed E-state index contributed by atoms with van der Waals surface area (Å²) in [6.45, 7) is 0.411. The average Bonchev–Trinajstić information content (AvgIpc) is 2.41. The summed E-state index contributed by atoms with van der Waals surface area (Å²) < 4.78 is 65.5. The first-order valence-corrected chi connectivity index (χ1v) is 5.49. The van der Waals surface area contributed by atoms with Crippen LogP contribution in [0.3, 0.4) is 0 Å². The molecule has 1 unspecified atom stereocenters. The fraction of sp³-hybridized carbons (Fsp3) is 0.364. The van der Waals surface area contributed by atoms with Crippen molar-refractivity contribution in [2.45, 2.75) is 18.9 Å². The number of carbonyl (C=O) groups excluding carboxylic acids is 1. The molecule has 2 N–H and O–H groups in total. The lowest BCUT2D eigenvalue weighted by molar-refractivity contribution is -0.123. The lowest BCUT2D eigenvalue weighted by Gasteiger charge is -2.24. The highest BCUT2D eigenvalue weighted by molar-refractivity contribution is 5.85.